The van der Waals surface area contributed by atoms with Crippen molar-refractivity contribution >= 4 is 77.5 Å². The first-order chi connectivity index (χ1) is 35.2. The minimum absolute atomic E-state index is 1.08. The van der Waals surface area contributed by atoms with E-state index in [1.54, 1.807) is 0 Å². The van der Waals surface area contributed by atoms with Crippen molar-refractivity contribution in [2.75, 3.05) is 9.80 Å². The second-order valence-electron chi connectivity index (χ2n) is 18.2. The third-order valence-corrected chi connectivity index (χ3v) is 13.9. The van der Waals surface area contributed by atoms with Crippen LogP contribution in [0.1, 0.15) is 0 Å². The average molecular weight is 906 g/mol. The summed E-state index contributed by atoms with van der Waals surface area (Å²) in [7, 11) is 0. The molecule has 0 aliphatic carbocycles. The van der Waals surface area contributed by atoms with Gasteiger partial charge < -0.3 is 14.4 Å². The fourth-order valence-corrected chi connectivity index (χ4v) is 10.5. The summed E-state index contributed by atoms with van der Waals surface area (Å²) in [4.78, 5) is 4.78. The minimum atomic E-state index is 1.08. The summed E-state index contributed by atoms with van der Waals surface area (Å²) in [6.07, 6.45) is 0. The van der Waals surface area contributed by atoms with Crippen LogP contribution in [-0.2, 0) is 0 Å². The standard InChI is InChI=1S/C68H47N3/c1-3-16-48(17-4-1)55-24-13-26-59(44-55)69(61-41-36-50-20-7-8-22-54(50)46-61)57-37-32-51(33-38-57)52-34-39-58(40-35-52)70(66-31-15-23-53-21-9-10-28-63(53)66)62-42-43-68-65(47-62)64-29-11-12-30-67(64)71(68)60-27-14-25-56(45-60)49-18-5-2-6-19-49/h1-47H. The fraction of sp³-hybridized carbons (Fsp3) is 0. The first kappa shape index (κ1) is 41.7. The molecule has 1 heterocycles. The Bertz CT molecular complexity index is 4040. The van der Waals surface area contributed by atoms with Crippen LogP contribution in [-0.4, -0.2) is 4.57 Å². The molecule has 3 heteroatoms. The van der Waals surface area contributed by atoms with Gasteiger partial charge in [-0.15, -0.1) is 0 Å². The van der Waals surface area contributed by atoms with Gasteiger partial charge in [-0.3, -0.25) is 0 Å². The van der Waals surface area contributed by atoms with Gasteiger partial charge in [-0.25, -0.2) is 0 Å². The van der Waals surface area contributed by atoms with Crippen molar-refractivity contribution in [3.05, 3.63) is 285 Å². The largest absolute Gasteiger partial charge is 0.310 e. The number of hydrogen-bond acceptors (Lipinski definition) is 2. The van der Waals surface area contributed by atoms with Gasteiger partial charge >= 0.3 is 0 Å². The molecule has 0 aliphatic rings. The Hall–Kier alpha value is -9.44. The summed E-state index contributed by atoms with van der Waals surface area (Å²) in [6.45, 7) is 0. The summed E-state index contributed by atoms with van der Waals surface area (Å²) >= 11 is 0. The normalized spacial score (nSPS) is 11.4. The Kier molecular flexibility index (Phi) is 10.5. The maximum atomic E-state index is 2.42. The van der Waals surface area contributed by atoms with Crippen LogP contribution in [0.25, 0.3) is 82.4 Å². The summed E-state index contributed by atoms with van der Waals surface area (Å²) in [5, 5.41) is 7.25. The zero-order chi connectivity index (χ0) is 47.1. The van der Waals surface area contributed by atoms with Crippen LogP contribution < -0.4 is 9.80 Å². The molecule has 0 N–H and O–H groups in total. The monoisotopic (exact) mass is 905 g/mol. The second-order valence-corrected chi connectivity index (χ2v) is 18.2. The molecule has 0 saturated carbocycles. The third-order valence-electron chi connectivity index (χ3n) is 13.9. The van der Waals surface area contributed by atoms with Gasteiger partial charge in [0.25, 0.3) is 0 Å². The second kappa shape index (κ2) is 17.9. The van der Waals surface area contributed by atoms with Gasteiger partial charge in [0.05, 0.1) is 16.7 Å². The lowest BCUT2D eigenvalue weighted by Gasteiger charge is -2.27. The van der Waals surface area contributed by atoms with E-state index in [4.69, 9.17) is 0 Å². The van der Waals surface area contributed by atoms with Gasteiger partial charge in [-0.05, 0) is 141 Å². The van der Waals surface area contributed by atoms with Crippen LogP contribution in [0.4, 0.5) is 34.1 Å². The predicted octanol–water partition coefficient (Wildman–Crippen LogP) is 19.0. The van der Waals surface area contributed by atoms with Gasteiger partial charge in [0.2, 0.25) is 0 Å². The average Bonchev–Trinajstić information content (AvgIpc) is 3.78. The summed E-state index contributed by atoms with van der Waals surface area (Å²) < 4.78 is 2.41. The molecule has 0 saturated heterocycles. The Morgan fingerprint density at radius 3 is 1.44 bits per heavy atom. The molecule has 0 radical (unpaired) electrons. The van der Waals surface area contributed by atoms with Gasteiger partial charge in [-0.2, -0.15) is 0 Å². The molecule has 71 heavy (non-hydrogen) atoms. The maximum absolute atomic E-state index is 2.42. The molecular formula is C68H47N3. The highest BCUT2D eigenvalue weighted by Crippen LogP contribution is 2.44. The van der Waals surface area contributed by atoms with Crippen LogP contribution in [0.15, 0.2) is 285 Å². The molecule has 0 amide bonds. The highest BCUT2D eigenvalue weighted by molar-refractivity contribution is 6.11. The molecule has 0 unspecified atom stereocenters. The van der Waals surface area contributed by atoms with Gasteiger partial charge in [0.15, 0.2) is 0 Å². The highest BCUT2D eigenvalue weighted by Gasteiger charge is 2.20. The SMILES string of the molecule is c1ccc(-c2cccc(N(c3ccc(-c4ccc(N(c5ccc6c(c5)c5ccccc5n6-c5cccc(-c6ccccc6)c5)c5cccc6ccccc56)cc4)cc3)c3ccc4ccccc4c3)c2)cc1. The Labute approximate surface area is 414 Å². The minimum Gasteiger partial charge on any atom is -0.310 e. The zero-order valence-corrected chi connectivity index (χ0v) is 39.0. The van der Waals surface area contributed by atoms with E-state index in [1.165, 1.54) is 65.6 Å². The van der Waals surface area contributed by atoms with E-state index < -0.39 is 0 Å². The zero-order valence-electron chi connectivity index (χ0n) is 39.0. The quantitative estimate of drug-likeness (QED) is 0.135. The molecule has 0 fully saturated rings. The van der Waals surface area contributed by atoms with Crippen molar-refractivity contribution in [3.8, 4) is 39.1 Å². The van der Waals surface area contributed by atoms with Crippen LogP contribution in [0, 0.1) is 0 Å². The lowest BCUT2D eigenvalue weighted by atomic mass is 10.0. The smallest absolute Gasteiger partial charge is 0.0542 e. The van der Waals surface area contributed by atoms with E-state index in [1.807, 2.05) is 0 Å². The maximum Gasteiger partial charge on any atom is 0.0542 e. The van der Waals surface area contributed by atoms with E-state index in [2.05, 4.69) is 299 Å². The van der Waals surface area contributed by atoms with E-state index >= 15 is 0 Å². The number of nitrogens with zero attached hydrogens (tertiary/aromatic N) is 3. The lowest BCUT2D eigenvalue weighted by Crippen LogP contribution is -2.10. The predicted molar refractivity (Wildman–Crippen MR) is 301 cm³/mol. The molecule has 13 aromatic rings. The number of aromatic nitrogens is 1. The van der Waals surface area contributed by atoms with Crippen molar-refractivity contribution in [3.63, 3.8) is 0 Å². The number of benzene rings is 12. The van der Waals surface area contributed by atoms with E-state index in [0.29, 0.717) is 0 Å². The van der Waals surface area contributed by atoms with Crippen LogP contribution >= 0.6 is 0 Å². The van der Waals surface area contributed by atoms with E-state index in [9.17, 15) is 0 Å². The Morgan fingerprint density at radius 2 is 0.704 bits per heavy atom. The first-order valence-corrected chi connectivity index (χ1v) is 24.3. The number of rotatable bonds is 10. The number of para-hydroxylation sites is 1. The number of anilines is 6. The number of hydrogen-bond donors (Lipinski definition) is 0. The van der Waals surface area contributed by atoms with Gasteiger partial charge in [0, 0.05) is 50.3 Å². The van der Waals surface area contributed by atoms with Crippen molar-refractivity contribution in [1.82, 2.24) is 4.57 Å². The molecule has 3 nitrogen and oxygen atoms in total. The molecule has 0 spiro atoms. The van der Waals surface area contributed by atoms with Crippen molar-refractivity contribution in [1.29, 1.82) is 0 Å². The van der Waals surface area contributed by atoms with Gasteiger partial charge in [-0.1, -0.05) is 194 Å². The summed E-state index contributed by atoms with van der Waals surface area (Å²) in [5.74, 6) is 0. The van der Waals surface area contributed by atoms with Crippen LogP contribution in [0.5, 0.6) is 0 Å². The molecular weight excluding hydrogens is 859 g/mol. The molecule has 0 bridgehead atoms. The molecule has 0 atom stereocenters. The first-order valence-electron chi connectivity index (χ1n) is 24.3. The molecule has 1 aromatic heterocycles. The Morgan fingerprint density at radius 1 is 0.225 bits per heavy atom. The van der Waals surface area contributed by atoms with Gasteiger partial charge in [0.1, 0.15) is 0 Å². The van der Waals surface area contributed by atoms with E-state index in [-0.39, 0.29) is 0 Å². The molecule has 12 aromatic carbocycles. The van der Waals surface area contributed by atoms with E-state index in [0.717, 1.165) is 50.9 Å². The lowest BCUT2D eigenvalue weighted by molar-refractivity contribution is 1.18. The van der Waals surface area contributed by atoms with Crippen LogP contribution in [0.3, 0.4) is 0 Å². The van der Waals surface area contributed by atoms with Crippen molar-refractivity contribution in [2.45, 2.75) is 0 Å². The Balaban J connectivity index is 0.888. The highest BCUT2D eigenvalue weighted by atomic mass is 15.1. The van der Waals surface area contributed by atoms with Crippen molar-refractivity contribution < 1.29 is 0 Å². The molecule has 334 valence electrons. The summed E-state index contributed by atoms with van der Waals surface area (Å²) in [6, 6.07) is 103. The summed E-state index contributed by atoms with van der Waals surface area (Å²) in [5.41, 5.74) is 17.2. The fourth-order valence-electron chi connectivity index (χ4n) is 10.5. The van der Waals surface area contributed by atoms with Crippen LogP contribution in [0.2, 0.25) is 0 Å². The molecule has 13 rings (SSSR count). The third kappa shape index (κ3) is 7.76. The molecule has 0 aliphatic heterocycles. The van der Waals surface area contributed by atoms with Crippen molar-refractivity contribution in [2.24, 2.45) is 0 Å². The number of fused-ring (bicyclic) bond motifs is 5. The topological polar surface area (TPSA) is 11.4 Å².